The summed E-state index contributed by atoms with van der Waals surface area (Å²) in [5, 5.41) is 28.7. The minimum atomic E-state index is -1.27. The smallest absolute Gasteiger partial charge is 0.407 e. The predicted molar refractivity (Wildman–Crippen MR) is 125 cm³/mol. The Balaban J connectivity index is 1.46. The minimum Gasteiger partial charge on any atom is -0.445 e. The zero-order chi connectivity index (χ0) is 23.0. The lowest BCUT2D eigenvalue weighted by Gasteiger charge is -2.18. The number of aromatic nitrogens is 2. The molecule has 0 aliphatic carbocycles. The van der Waals surface area contributed by atoms with Crippen LogP contribution in [0.3, 0.4) is 0 Å². The molecule has 168 valence electrons. The summed E-state index contributed by atoms with van der Waals surface area (Å²) < 4.78 is 6.82. The van der Waals surface area contributed by atoms with Crippen molar-refractivity contribution in [3.63, 3.8) is 0 Å². The molecule has 1 heterocycles. The van der Waals surface area contributed by atoms with E-state index in [1.165, 1.54) is 0 Å². The third kappa shape index (κ3) is 5.65. The van der Waals surface area contributed by atoms with Crippen molar-refractivity contribution in [2.75, 3.05) is 6.54 Å². The van der Waals surface area contributed by atoms with Gasteiger partial charge in [0.25, 0.3) is 0 Å². The summed E-state index contributed by atoms with van der Waals surface area (Å²) in [5.74, 6) is 0. The number of amides is 1. The molecule has 2 unspecified atom stereocenters. The van der Waals surface area contributed by atoms with Gasteiger partial charge < -0.3 is 20.3 Å². The van der Waals surface area contributed by atoms with Crippen LogP contribution < -0.4 is 5.32 Å². The molecular formula is C26H25N3O4. The summed E-state index contributed by atoms with van der Waals surface area (Å²) in [5.41, 5.74) is 3.50. The Hall–Kier alpha value is -3.94. The van der Waals surface area contributed by atoms with Crippen LogP contribution in [0.4, 0.5) is 4.79 Å². The number of nitrogens with zero attached hydrogens (tertiary/aromatic N) is 2. The molecule has 0 bridgehead atoms. The van der Waals surface area contributed by atoms with Crippen LogP contribution in [0.5, 0.6) is 0 Å². The Labute approximate surface area is 191 Å². The Kier molecular flexibility index (Phi) is 7.14. The van der Waals surface area contributed by atoms with E-state index in [-0.39, 0.29) is 13.2 Å². The van der Waals surface area contributed by atoms with Crippen molar-refractivity contribution in [2.45, 2.75) is 18.8 Å². The average Bonchev–Trinajstić information content (AvgIpc) is 3.33. The van der Waals surface area contributed by atoms with Crippen LogP contribution >= 0.6 is 0 Å². The van der Waals surface area contributed by atoms with Crippen molar-refractivity contribution in [3.8, 4) is 16.9 Å². The highest BCUT2D eigenvalue weighted by molar-refractivity contribution is 5.67. The zero-order valence-electron chi connectivity index (χ0n) is 17.9. The molecule has 2 atom stereocenters. The molecule has 3 N–H and O–H groups in total. The number of aliphatic hydroxyl groups is 2. The van der Waals surface area contributed by atoms with E-state index in [0.29, 0.717) is 11.3 Å². The first kappa shape index (κ1) is 22.3. The number of aliphatic hydroxyl groups excluding tert-OH is 2. The second kappa shape index (κ2) is 10.6. The highest BCUT2D eigenvalue weighted by atomic mass is 16.5. The summed E-state index contributed by atoms with van der Waals surface area (Å²) in [4.78, 5) is 12.0. The Bertz CT molecular complexity index is 1160. The van der Waals surface area contributed by atoms with Gasteiger partial charge in [-0.1, -0.05) is 78.9 Å². The third-order valence-electron chi connectivity index (χ3n) is 5.16. The van der Waals surface area contributed by atoms with Gasteiger partial charge in [0.2, 0.25) is 0 Å². The number of nitrogens with one attached hydrogen (secondary N) is 1. The maximum absolute atomic E-state index is 12.0. The van der Waals surface area contributed by atoms with Gasteiger partial charge in [0.05, 0.1) is 11.4 Å². The van der Waals surface area contributed by atoms with E-state index in [0.717, 1.165) is 16.8 Å². The summed E-state index contributed by atoms with van der Waals surface area (Å²) in [6.07, 6.45) is -1.51. The first-order valence-electron chi connectivity index (χ1n) is 10.6. The molecule has 0 saturated carbocycles. The molecule has 0 fully saturated rings. The van der Waals surface area contributed by atoms with Gasteiger partial charge in [0, 0.05) is 23.9 Å². The lowest BCUT2D eigenvalue weighted by molar-refractivity contribution is 0.0187. The monoisotopic (exact) mass is 443 g/mol. The number of hydrogen-bond acceptors (Lipinski definition) is 5. The highest BCUT2D eigenvalue weighted by Crippen LogP contribution is 2.30. The van der Waals surface area contributed by atoms with E-state index in [1.54, 1.807) is 10.9 Å². The fourth-order valence-electron chi connectivity index (χ4n) is 3.42. The van der Waals surface area contributed by atoms with Crippen LogP contribution in [0.15, 0.2) is 97.2 Å². The van der Waals surface area contributed by atoms with E-state index in [2.05, 4.69) is 10.4 Å². The number of alkyl carbamates (subject to hydrolysis) is 1. The van der Waals surface area contributed by atoms with Gasteiger partial charge in [-0.05, 0) is 17.7 Å². The van der Waals surface area contributed by atoms with Crippen molar-refractivity contribution in [1.82, 2.24) is 15.1 Å². The molecule has 0 saturated heterocycles. The minimum absolute atomic E-state index is 0.118. The van der Waals surface area contributed by atoms with Crippen molar-refractivity contribution in [2.24, 2.45) is 0 Å². The highest BCUT2D eigenvalue weighted by Gasteiger charge is 2.25. The normalized spacial score (nSPS) is 12.7. The standard InChI is InChI=1S/C26H25N3O4/c30-23(16-27-26(32)33-18-19-10-4-1-5-11-19)25(31)22-17-29(21-14-8-3-9-15-21)28-24(22)20-12-6-2-7-13-20/h1-15,17,23,25,30-31H,16,18H2,(H,27,32). The number of carbonyl (C=O) groups excluding carboxylic acids is 1. The summed E-state index contributed by atoms with van der Waals surface area (Å²) in [6.45, 7) is -0.0626. The van der Waals surface area contributed by atoms with E-state index in [1.807, 2.05) is 91.0 Å². The number of para-hydroxylation sites is 1. The van der Waals surface area contributed by atoms with Crippen LogP contribution in [0.2, 0.25) is 0 Å². The van der Waals surface area contributed by atoms with Gasteiger partial charge >= 0.3 is 6.09 Å². The van der Waals surface area contributed by atoms with Gasteiger partial charge in [-0.2, -0.15) is 5.10 Å². The SMILES string of the molecule is O=C(NCC(O)C(O)c1cn(-c2ccccc2)nc1-c1ccccc1)OCc1ccccc1. The molecule has 1 aromatic heterocycles. The number of ether oxygens (including phenoxy) is 1. The average molecular weight is 444 g/mol. The van der Waals surface area contributed by atoms with Gasteiger partial charge in [0.15, 0.2) is 0 Å². The number of carbonyl (C=O) groups is 1. The van der Waals surface area contributed by atoms with E-state index in [9.17, 15) is 15.0 Å². The second-order valence-electron chi connectivity index (χ2n) is 7.53. The molecule has 0 radical (unpaired) electrons. The largest absolute Gasteiger partial charge is 0.445 e. The van der Waals surface area contributed by atoms with Gasteiger partial charge in [-0.15, -0.1) is 0 Å². The molecule has 0 spiro atoms. The zero-order valence-corrected chi connectivity index (χ0v) is 17.9. The van der Waals surface area contributed by atoms with Gasteiger partial charge in [0.1, 0.15) is 18.8 Å². The topological polar surface area (TPSA) is 96.6 Å². The van der Waals surface area contributed by atoms with Crippen molar-refractivity contribution < 1.29 is 19.7 Å². The molecule has 1 amide bonds. The first-order valence-corrected chi connectivity index (χ1v) is 10.6. The predicted octanol–water partition coefficient (Wildman–Crippen LogP) is 3.86. The van der Waals surface area contributed by atoms with E-state index < -0.39 is 18.3 Å². The molecular weight excluding hydrogens is 418 g/mol. The molecule has 33 heavy (non-hydrogen) atoms. The molecule has 4 rings (SSSR count). The third-order valence-corrected chi connectivity index (χ3v) is 5.16. The van der Waals surface area contributed by atoms with Crippen molar-refractivity contribution >= 4 is 6.09 Å². The lowest BCUT2D eigenvalue weighted by Crippen LogP contribution is -2.35. The van der Waals surface area contributed by atoms with E-state index in [4.69, 9.17) is 4.74 Å². The fraction of sp³-hybridized carbons (Fsp3) is 0.154. The molecule has 3 aromatic carbocycles. The summed E-state index contributed by atoms with van der Waals surface area (Å²) in [6, 6.07) is 28.2. The Morgan fingerprint density at radius 1 is 0.909 bits per heavy atom. The summed E-state index contributed by atoms with van der Waals surface area (Å²) >= 11 is 0. The van der Waals surface area contributed by atoms with Gasteiger partial charge in [-0.25, -0.2) is 9.48 Å². The number of rotatable bonds is 8. The second-order valence-corrected chi connectivity index (χ2v) is 7.53. The Morgan fingerprint density at radius 3 is 2.18 bits per heavy atom. The van der Waals surface area contributed by atoms with Crippen LogP contribution in [0, 0.1) is 0 Å². The van der Waals surface area contributed by atoms with Crippen LogP contribution in [0.25, 0.3) is 16.9 Å². The fourth-order valence-corrected chi connectivity index (χ4v) is 3.42. The quantitative estimate of drug-likeness (QED) is 0.384. The van der Waals surface area contributed by atoms with Crippen LogP contribution in [-0.4, -0.2) is 38.7 Å². The maximum Gasteiger partial charge on any atom is 0.407 e. The van der Waals surface area contributed by atoms with Crippen LogP contribution in [0.1, 0.15) is 17.2 Å². The number of benzene rings is 3. The van der Waals surface area contributed by atoms with Crippen molar-refractivity contribution in [3.05, 3.63) is 108 Å². The summed E-state index contributed by atoms with van der Waals surface area (Å²) in [7, 11) is 0. The lowest BCUT2D eigenvalue weighted by atomic mass is 10.0. The van der Waals surface area contributed by atoms with Crippen molar-refractivity contribution in [1.29, 1.82) is 0 Å². The molecule has 4 aromatic rings. The number of hydrogen-bond donors (Lipinski definition) is 3. The first-order chi connectivity index (χ1) is 16.1. The molecule has 0 aliphatic heterocycles. The molecule has 0 aliphatic rings. The van der Waals surface area contributed by atoms with E-state index >= 15 is 0 Å². The van der Waals surface area contributed by atoms with Crippen LogP contribution in [-0.2, 0) is 11.3 Å². The molecule has 7 nitrogen and oxygen atoms in total. The maximum atomic E-state index is 12.0. The molecule has 7 heteroatoms. The Morgan fingerprint density at radius 2 is 1.52 bits per heavy atom. The van der Waals surface area contributed by atoms with Gasteiger partial charge in [-0.3, -0.25) is 0 Å².